The number of hydrogen-bond acceptors (Lipinski definition) is 8. The quantitative estimate of drug-likeness (QED) is 0.346. The highest BCUT2D eigenvalue weighted by Crippen LogP contribution is 2.31. The molecule has 2 saturated heterocycles. The second kappa shape index (κ2) is 11.9. The second-order valence-corrected chi connectivity index (χ2v) is 9.61. The minimum absolute atomic E-state index is 0.244. The van der Waals surface area contributed by atoms with Crippen molar-refractivity contribution in [2.75, 3.05) is 56.1 Å². The molecular formula is C28H35FN8O2. The highest BCUT2D eigenvalue weighted by atomic mass is 19.1. The highest BCUT2D eigenvalue weighted by molar-refractivity contribution is 6.14. The second-order valence-electron chi connectivity index (χ2n) is 9.61. The van der Waals surface area contributed by atoms with Crippen molar-refractivity contribution in [3.63, 3.8) is 0 Å². The van der Waals surface area contributed by atoms with E-state index < -0.39 is 5.82 Å². The molecule has 2 aromatic heterocycles. The van der Waals surface area contributed by atoms with Crippen LogP contribution in [0.3, 0.4) is 0 Å². The van der Waals surface area contributed by atoms with Gasteiger partial charge in [-0.1, -0.05) is 13.8 Å². The predicted molar refractivity (Wildman–Crippen MR) is 151 cm³/mol. The molecule has 1 amide bonds. The van der Waals surface area contributed by atoms with Gasteiger partial charge in [-0.25, -0.2) is 9.37 Å². The Bertz CT molecular complexity index is 1460. The van der Waals surface area contributed by atoms with Crippen LogP contribution in [0.25, 0.3) is 21.8 Å². The van der Waals surface area contributed by atoms with Crippen LogP contribution in [0.15, 0.2) is 36.7 Å². The molecule has 2 fully saturated rings. The van der Waals surface area contributed by atoms with Crippen LogP contribution in [0.5, 0.6) is 6.01 Å². The van der Waals surface area contributed by atoms with E-state index in [4.69, 9.17) is 4.74 Å². The van der Waals surface area contributed by atoms with Gasteiger partial charge in [-0.05, 0) is 37.2 Å². The van der Waals surface area contributed by atoms with Crippen LogP contribution in [0.4, 0.5) is 15.8 Å². The number of benzene rings is 2. The summed E-state index contributed by atoms with van der Waals surface area (Å²) in [6.45, 7) is 9.85. The van der Waals surface area contributed by atoms with E-state index in [-0.39, 0.29) is 17.4 Å². The average Bonchev–Trinajstić information content (AvgIpc) is 3.62. The van der Waals surface area contributed by atoms with E-state index in [9.17, 15) is 9.18 Å². The van der Waals surface area contributed by atoms with Gasteiger partial charge in [0.2, 0.25) is 0 Å². The molecule has 0 bridgehead atoms. The summed E-state index contributed by atoms with van der Waals surface area (Å²) in [6, 6.07) is 6.94. The van der Waals surface area contributed by atoms with E-state index in [1.807, 2.05) is 19.9 Å². The summed E-state index contributed by atoms with van der Waals surface area (Å²) in [5.41, 5.74) is 2.46. The molecule has 0 saturated carbocycles. The van der Waals surface area contributed by atoms with Crippen LogP contribution in [-0.4, -0.2) is 71.5 Å². The Morgan fingerprint density at radius 2 is 1.97 bits per heavy atom. The van der Waals surface area contributed by atoms with Crippen LogP contribution >= 0.6 is 0 Å². The maximum Gasteiger partial charge on any atom is 0.316 e. The minimum atomic E-state index is -0.494. The maximum absolute atomic E-state index is 14.6. The van der Waals surface area contributed by atoms with Gasteiger partial charge in [0.1, 0.15) is 5.52 Å². The zero-order chi connectivity index (χ0) is 27.4. The molecule has 0 aliphatic carbocycles. The lowest BCUT2D eigenvalue weighted by atomic mass is 10.1. The number of aryl methyl sites for hydroxylation is 1. The number of hydrogen-bond donors (Lipinski definition) is 3. The summed E-state index contributed by atoms with van der Waals surface area (Å²) in [5.74, 6) is -0.470. The number of amides is 1. The molecule has 3 N–H and O–H groups in total. The van der Waals surface area contributed by atoms with Crippen LogP contribution in [0.2, 0.25) is 0 Å². The first-order valence-corrected chi connectivity index (χ1v) is 13.6. The fourth-order valence-corrected chi connectivity index (χ4v) is 5.06. The summed E-state index contributed by atoms with van der Waals surface area (Å²) in [6.07, 6.45) is 4.49. The van der Waals surface area contributed by atoms with E-state index in [0.29, 0.717) is 34.7 Å². The third-order valence-corrected chi connectivity index (χ3v) is 6.95. The molecule has 1 atom stereocenters. The van der Waals surface area contributed by atoms with Crippen molar-refractivity contribution in [3.8, 4) is 6.01 Å². The topological polar surface area (TPSA) is 109 Å². The van der Waals surface area contributed by atoms with Crippen molar-refractivity contribution in [1.82, 2.24) is 30.4 Å². The van der Waals surface area contributed by atoms with Gasteiger partial charge in [0.25, 0.3) is 5.91 Å². The number of piperazine rings is 1. The summed E-state index contributed by atoms with van der Waals surface area (Å²) < 4.78 is 22.1. The number of halogens is 1. The van der Waals surface area contributed by atoms with Crippen molar-refractivity contribution < 1.29 is 13.9 Å². The third kappa shape index (κ3) is 5.79. The average molecular weight is 535 g/mol. The van der Waals surface area contributed by atoms with E-state index >= 15 is 0 Å². The SMILES string of the molecule is CC.Cn1cc2cc(NC(=O)c3ccc(N4CCNCC4)c4cnc(OCC5CCNC5)nc34)cc(F)c2n1. The van der Waals surface area contributed by atoms with Crippen molar-refractivity contribution >= 4 is 39.1 Å². The first-order chi connectivity index (χ1) is 19.0. The smallest absolute Gasteiger partial charge is 0.316 e. The summed E-state index contributed by atoms with van der Waals surface area (Å²) in [5, 5.41) is 15.0. The number of aromatic nitrogens is 4. The van der Waals surface area contributed by atoms with Gasteiger partial charge in [-0.15, -0.1) is 0 Å². The van der Waals surface area contributed by atoms with Crippen molar-refractivity contribution in [2.24, 2.45) is 13.0 Å². The van der Waals surface area contributed by atoms with Crippen LogP contribution < -0.4 is 25.6 Å². The Balaban J connectivity index is 0.00000151. The van der Waals surface area contributed by atoms with Gasteiger partial charge in [0.15, 0.2) is 5.82 Å². The molecule has 4 aromatic rings. The Morgan fingerprint density at radius 1 is 1.15 bits per heavy atom. The zero-order valence-electron chi connectivity index (χ0n) is 22.6. The van der Waals surface area contributed by atoms with Crippen molar-refractivity contribution in [3.05, 3.63) is 48.0 Å². The van der Waals surface area contributed by atoms with E-state index in [2.05, 4.69) is 35.9 Å². The lowest BCUT2D eigenvalue weighted by Gasteiger charge is -2.30. The number of nitrogens with one attached hydrogen (secondary N) is 3. The number of fused-ring (bicyclic) bond motifs is 2. The zero-order valence-corrected chi connectivity index (χ0v) is 22.6. The van der Waals surface area contributed by atoms with Gasteiger partial charge in [-0.3, -0.25) is 9.48 Å². The summed E-state index contributed by atoms with van der Waals surface area (Å²) in [4.78, 5) is 24.9. The molecule has 0 spiro atoms. The lowest BCUT2D eigenvalue weighted by molar-refractivity contribution is 0.102. The van der Waals surface area contributed by atoms with Gasteiger partial charge in [0, 0.05) is 80.2 Å². The summed E-state index contributed by atoms with van der Waals surface area (Å²) >= 11 is 0. The predicted octanol–water partition coefficient (Wildman–Crippen LogP) is 3.33. The number of carbonyl (C=O) groups is 1. The molecule has 6 rings (SSSR count). The standard InChI is InChI=1S/C26H29FN8O2.C2H6/c1-34-14-17-10-18(11-21(27)23(17)33-34)31-25(36)19-2-3-22(35-8-6-28-7-9-35)20-13-30-26(32-24(19)20)37-15-16-4-5-29-12-16;1-2/h2-3,10-11,13-14,16,28-29H,4-9,12,15H2,1H3,(H,31,36);1-2H3. The normalized spacial score (nSPS) is 17.2. The largest absolute Gasteiger partial charge is 0.463 e. The van der Waals surface area contributed by atoms with Gasteiger partial charge < -0.3 is 25.6 Å². The molecule has 39 heavy (non-hydrogen) atoms. The Kier molecular flexibility index (Phi) is 8.18. The van der Waals surface area contributed by atoms with Gasteiger partial charge >= 0.3 is 6.01 Å². The molecule has 2 aromatic carbocycles. The first-order valence-electron chi connectivity index (χ1n) is 13.6. The van der Waals surface area contributed by atoms with Gasteiger partial charge in [-0.2, -0.15) is 10.1 Å². The lowest BCUT2D eigenvalue weighted by Crippen LogP contribution is -2.43. The Hall–Kier alpha value is -3.83. The van der Waals surface area contributed by atoms with Crippen LogP contribution in [0, 0.1) is 11.7 Å². The van der Waals surface area contributed by atoms with Crippen LogP contribution in [0.1, 0.15) is 30.6 Å². The van der Waals surface area contributed by atoms with Crippen molar-refractivity contribution in [1.29, 1.82) is 0 Å². The fourth-order valence-electron chi connectivity index (χ4n) is 5.06. The molecule has 10 nitrogen and oxygen atoms in total. The van der Waals surface area contributed by atoms with E-state index in [1.54, 1.807) is 36.3 Å². The van der Waals surface area contributed by atoms with E-state index in [1.165, 1.54) is 6.07 Å². The molecule has 11 heteroatoms. The molecule has 4 heterocycles. The monoisotopic (exact) mass is 534 g/mol. The van der Waals surface area contributed by atoms with Crippen molar-refractivity contribution in [2.45, 2.75) is 20.3 Å². The molecule has 0 radical (unpaired) electrons. The Labute approximate surface area is 226 Å². The number of carbonyl (C=O) groups excluding carboxylic acids is 1. The fraction of sp³-hybridized carbons (Fsp3) is 0.429. The first kappa shape index (κ1) is 26.8. The number of ether oxygens (including phenoxy) is 1. The number of nitrogens with zero attached hydrogens (tertiary/aromatic N) is 5. The molecule has 2 aliphatic rings. The molecule has 2 aliphatic heterocycles. The number of rotatable bonds is 6. The molecule has 206 valence electrons. The Morgan fingerprint density at radius 3 is 2.74 bits per heavy atom. The van der Waals surface area contributed by atoms with Gasteiger partial charge in [0.05, 0.1) is 17.7 Å². The van der Waals surface area contributed by atoms with Crippen LogP contribution in [-0.2, 0) is 7.05 Å². The molecular weight excluding hydrogens is 499 g/mol. The summed E-state index contributed by atoms with van der Waals surface area (Å²) in [7, 11) is 1.73. The maximum atomic E-state index is 14.6. The molecule has 1 unspecified atom stereocenters. The van der Waals surface area contributed by atoms with E-state index in [0.717, 1.165) is 56.8 Å². The number of anilines is 2. The third-order valence-electron chi connectivity index (χ3n) is 6.95. The highest BCUT2D eigenvalue weighted by Gasteiger charge is 2.21. The minimum Gasteiger partial charge on any atom is -0.463 e.